The molecule has 0 N–H and O–H groups in total. The summed E-state index contributed by atoms with van der Waals surface area (Å²) in [5.74, 6) is 0.701. The Morgan fingerprint density at radius 1 is 1.19 bits per heavy atom. The Hall–Kier alpha value is -2.52. The lowest BCUT2D eigenvalue weighted by Crippen LogP contribution is -2.29. The van der Waals surface area contributed by atoms with Crippen LogP contribution < -0.4 is 0 Å². The molecule has 0 bridgehead atoms. The molecule has 27 heavy (non-hydrogen) atoms. The summed E-state index contributed by atoms with van der Waals surface area (Å²) in [6.45, 7) is 0.462. The van der Waals surface area contributed by atoms with E-state index >= 15 is 0 Å². The molecule has 8 nitrogen and oxygen atoms in total. The van der Waals surface area contributed by atoms with Crippen LogP contribution in [0.2, 0.25) is 5.15 Å². The fourth-order valence-electron chi connectivity index (χ4n) is 3.45. The zero-order chi connectivity index (χ0) is 18.7. The van der Waals surface area contributed by atoms with Crippen LogP contribution in [0.15, 0.2) is 29.0 Å². The second kappa shape index (κ2) is 6.00. The van der Waals surface area contributed by atoms with Gasteiger partial charge in [0, 0.05) is 22.9 Å². The summed E-state index contributed by atoms with van der Waals surface area (Å²) in [6, 6.07) is 5.85. The normalized spacial score (nSPS) is 15.6. The van der Waals surface area contributed by atoms with Gasteiger partial charge in [-0.15, -0.1) is 0 Å². The number of nitrogens with zero attached hydrogens (tertiary/aromatic N) is 6. The van der Waals surface area contributed by atoms with Crippen LogP contribution in [0, 0.1) is 0 Å². The van der Waals surface area contributed by atoms with Crippen molar-refractivity contribution in [2.75, 3.05) is 0 Å². The number of carbonyl (C=O) groups excluding carboxylic acids is 2. The first-order chi connectivity index (χ1) is 13.0. The molecule has 0 atom stereocenters. The molecule has 0 unspecified atom stereocenters. The van der Waals surface area contributed by atoms with Gasteiger partial charge in [-0.25, -0.2) is 14.6 Å². The van der Waals surface area contributed by atoms with Gasteiger partial charge in [0.1, 0.15) is 6.33 Å². The molecule has 0 saturated carbocycles. The van der Waals surface area contributed by atoms with Gasteiger partial charge < -0.3 is 0 Å². The van der Waals surface area contributed by atoms with Crippen molar-refractivity contribution in [1.82, 2.24) is 29.2 Å². The quantitative estimate of drug-likeness (QED) is 0.441. The molecule has 0 aliphatic carbocycles. The second-order valence-electron chi connectivity index (χ2n) is 6.40. The highest BCUT2D eigenvalue weighted by molar-refractivity contribution is 9.10. The van der Waals surface area contributed by atoms with Crippen LogP contribution >= 0.6 is 27.5 Å². The summed E-state index contributed by atoms with van der Waals surface area (Å²) >= 11 is 9.78. The molecule has 3 aromatic rings. The van der Waals surface area contributed by atoms with E-state index in [-0.39, 0.29) is 31.2 Å². The Bertz CT molecular complexity index is 1100. The lowest BCUT2D eigenvalue weighted by atomic mass is 10.1. The molecule has 5 rings (SSSR count). The maximum atomic E-state index is 11.9. The number of fused-ring (bicyclic) bond motifs is 5. The van der Waals surface area contributed by atoms with Crippen LogP contribution in [0.3, 0.4) is 0 Å². The van der Waals surface area contributed by atoms with E-state index in [0.717, 1.165) is 21.4 Å². The van der Waals surface area contributed by atoms with Gasteiger partial charge in [0.15, 0.2) is 16.8 Å². The van der Waals surface area contributed by atoms with E-state index in [9.17, 15) is 9.59 Å². The topological polar surface area (TPSA) is 85.9 Å². The van der Waals surface area contributed by atoms with Crippen molar-refractivity contribution < 1.29 is 9.59 Å². The van der Waals surface area contributed by atoms with Crippen molar-refractivity contribution >= 4 is 39.3 Å². The largest absolute Gasteiger partial charge is 0.299 e. The Morgan fingerprint density at radius 2 is 1.96 bits per heavy atom. The lowest BCUT2D eigenvalue weighted by molar-refractivity contribution is -0.139. The summed E-state index contributed by atoms with van der Waals surface area (Å²) in [4.78, 5) is 33.9. The molecule has 1 fully saturated rings. The van der Waals surface area contributed by atoms with Gasteiger partial charge in [0.2, 0.25) is 11.8 Å². The number of halogens is 2. The number of amides is 2. The third-order valence-corrected chi connectivity index (χ3v) is 5.55. The maximum absolute atomic E-state index is 11.9. The molecule has 2 aliphatic heterocycles. The predicted molar refractivity (Wildman–Crippen MR) is 99.2 cm³/mol. The van der Waals surface area contributed by atoms with E-state index in [1.807, 2.05) is 22.8 Å². The SMILES string of the molecule is O=C1CCC(=O)N1Cc1nc2n(n1)Cc1c(Cl)ncn1-c1ccc(Br)cc1-2. The summed E-state index contributed by atoms with van der Waals surface area (Å²) in [6.07, 6.45) is 2.17. The average Bonchev–Trinajstić information content (AvgIpc) is 3.28. The maximum Gasteiger partial charge on any atom is 0.230 e. The van der Waals surface area contributed by atoms with Crippen molar-refractivity contribution in [3.63, 3.8) is 0 Å². The third kappa shape index (κ3) is 2.61. The number of hydrogen-bond donors (Lipinski definition) is 0. The van der Waals surface area contributed by atoms with Crippen molar-refractivity contribution in [3.8, 4) is 17.1 Å². The van der Waals surface area contributed by atoms with Crippen LogP contribution in [0.5, 0.6) is 0 Å². The monoisotopic (exact) mass is 446 g/mol. The average molecular weight is 448 g/mol. The van der Waals surface area contributed by atoms with Crippen molar-refractivity contribution in [3.05, 3.63) is 45.7 Å². The number of rotatable bonds is 2. The molecule has 0 spiro atoms. The Kier molecular flexibility index (Phi) is 3.70. The molecule has 1 aromatic carbocycles. The summed E-state index contributed by atoms with van der Waals surface area (Å²) in [5.41, 5.74) is 2.54. The van der Waals surface area contributed by atoms with Crippen LogP contribution in [0.1, 0.15) is 24.4 Å². The first kappa shape index (κ1) is 16.6. The zero-order valence-corrected chi connectivity index (χ0v) is 16.2. The van der Waals surface area contributed by atoms with E-state index < -0.39 is 0 Å². The van der Waals surface area contributed by atoms with Crippen molar-refractivity contribution in [1.29, 1.82) is 0 Å². The Balaban J connectivity index is 1.64. The first-order valence-corrected chi connectivity index (χ1v) is 9.47. The summed E-state index contributed by atoms with van der Waals surface area (Å²) in [5, 5.41) is 4.94. The number of aromatic nitrogens is 5. The number of benzene rings is 1. The van der Waals surface area contributed by atoms with E-state index in [0.29, 0.717) is 23.3 Å². The molecule has 4 heterocycles. The highest BCUT2D eigenvalue weighted by Gasteiger charge is 2.31. The van der Waals surface area contributed by atoms with E-state index in [1.54, 1.807) is 11.0 Å². The minimum Gasteiger partial charge on any atom is -0.299 e. The van der Waals surface area contributed by atoms with Gasteiger partial charge in [-0.3, -0.25) is 19.1 Å². The van der Waals surface area contributed by atoms with Crippen molar-refractivity contribution in [2.24, 2.45) is 0 Å². The molecule has 2 aromatic heterocycles. The van der Waals surface area contributed by atoms with Gasteiger partial charge in [-0.05, 0) is 18.2 Å². The van der Waals surface area contributed by atoms with Gasteiger partial charge >= 0.3 is 0 Å². The standard InChI is InChI=1S/C17H12BrClN6O2/c18-9-1-2-11-10(5-9)17-21-13(7-23-14(26)3-4-15(23)27)22-25(17)6-12-16(19)20-8-24(11)12/h1-2,5,8H,3-4,6-7H2. The zero-order valence-electron chi connectivity index (χ0n) is 13.9. The van der Waals surface area contributed by atoms with Gasteiger partial charge in [0.05, 0.1) is 24.5 Å². The number of imide groups is 1. The van der Waals surface area contributed by atoms with E-state index in [1.165, 1.54) is 4.90 Å². The predicted octanol–water partition coefficient (Wildman–Crippen LogP) is 2.56. The van der Waals surface area contributed by atoms with E-state index in [2.05, 4.69) is 31.0 Å². The first-order valence-electron chi connectivity index (χ1n) is 8.30. The molecular formula is C17H12BrClN6O2. The summed E-state index contributed by atoms with van der Waals surface area (Å²) in [7, 11) is 0. The van der Waals surface area contributed by atoms with Gasteiger partial charge in [-0.1, -0.05) is 27.5 Å². The number of carbonyl (C=O) groups is 2. The number of hydrogen-bond acceptors (Lipinski definition) is 5. The molecule has 1 saturated heterocycles. The molecule has 0 radical (unpaired) electrons. The molecule has 2 amide bonds. The van der Waals surface area contributed by atoms with Gasteiger partial charge in [0.25, 0.3) is 0 Å². The fourth-order valence-corrected chi connectivity index (χ4v) is 4.00. The number of imidazole rings is 1. The smallest absolute Gasteiger partial charge is 0.230 e. The van der Waals surface area contributed by atoms with Crippen molar-refractivity contribution in [2.45, 2.75) is 25.9 Å². The van der Waals surface area contributed by atoms with E-state index in [4.69, 9.17) is 11.6 Å². The van der Waals surface area contributed by atoms with Gasteiger partial charge in [-0.2, -0.15) is 5.10 Å². The Morgan fingerprint density at radius 3 is 2.74 bits per heavy atom. The second-order valence-corrected chi connectivity index (χ2v) is 7.67. The molecule has 10 heteroatoms. The van der Waals surface area contributed by atoms with Crippen LogP contribution in [0.25, 0.3) is 17.1 Å². The Labute approximate surface area is 166 Å². The van der Waals surface area contributed by atoms with Crippen LogP contribution in [-0.4, -0.2) is 41.0 Å². The molecular weight excluding hydrogens is 436 g/mol. The minimum atomic E-state index is -0.186. The third-order valence-electron chi connectivity index (χ3n) is 4.74. The molecule has 2 aliphatic rings. The number of likely N-dealkylation sites (tertiary alicyclic amines) is 1. The minimum absolute atomic E-state index is 0.0774. The summed E-state index contributed by atoms with van der Waals surface area (Å²) < 4.78 is 4.56. The van der Waals surface area contributed by atoms with Crippen LogP contribution in [0.4, 0.5) is 0 Å². The highest BCUT2D eigenvalue weighted by atomic mass is 79.9. The van der Waals surface area contributed by atoms with Crippen LogP contribution in [-0.2, 0) is 22.7 Å². The fraction of sp³-hybridized carbons (Fsp3) is 0.235. The lowest BCUT2D eigenvalue weighted by Gasteiger charge is -2.11. The highest BCUT2D eigenvalue weighted by Crippen LogP contribution is 2.34. The molecule has 136 valence electrons.